The molecule has 0 unspecified atom stereocenters. The molecule has 1 aliphatic heterocycles. The number of fused-ring (bicyclic) bond motifs is 1. The number of nitrogen functional groups attached to an aromatic ring is 1. The molecule has 3 rings (SSSR count). The number of ether oxygens (including phenoxy) is 1. The van der Waals surface area contributed by atoms with Gasteiger partial charge in [-0.2, -0.15) is 0 Å². The van der Waals surface area contributed by atoms with Gasteiger partial charge in [0.25, 0.3) is 5.91 Å². The smallest absolute Gasteiger partial charge is 0.253 e. The fourth-order valence-corrected chi connectivity index (χ4v) is 2.56. The highest BCUT2D eigenvalue weighted by Gasteiger charge is 2.18. The molecule has 0 radical (unpaired) electrons. The Morgan fingerprint density at radius 3 is 2.50 bits per heavy atom. The molecule has 2 aromatic rings. The minimum atomic E-state index is -0.0971. The van der Waals surface area contributed by atoms with Gasteiger partial charge in [-0.3, -0.25) is 4.79 Å². The molecule has 20 heavy (non-hydrogen) atoms. The largest absolute Gasteiger partial charge is 0.398 e. The van der Waals surface area contributed by atoms with Crippen molar-refractivity contribution in [2.45, 2.75) is 18.9 Å². The summed E-state index contributed by atoms with van der Waals surface area (Å²) < 4.78 is 5.29. The molecule has 0 aromatic heterocycles. The summed E-state index contributed by atoms with van der Waals surface area (Å²) in [5.74, 6) is -0.0971. The van der Waals surface area contributed by atoms with Crippen LogP contribution in [0.3, 0.4) is 0 Å². The van der Waals surface area contributed by atoms with Crippen molar-refractivity contribution in [3.63, 3.8) is 0 Å². The second-order valence-corrected chi connectivity index (χ2v) is 5.15. The zero-order chi connectivity index (χ0) is 13.9. The Kier molecular flexibility index (Phi) is 3.56. The first kappa shape index (κ1) is 12.9. The summed E-state index contributed by atoms with van der Waals surface area (Å²) in [4.78, 5) is 12.3. The SMILES string of the molecule is Nc1cc2ccccc2cc1C(=O)NC1CCOCC1. The summed E-state index contributed by atoms with van der Waals surface area (Å²) in [5, 5.41) is 5.12. The Balaban J connectivity index is 1.84. The number of nitrogens with two attached hydrogens (primary N) is 1. The van der Waals surface area contributed by atoms with Crippen molar-refractivity contribution in [3.05, 3.63) is 42.0 Å². The summed E-state index contributed by atoms with van der Waals surface area (Å²) >= 11 is 0. The predicted molar refractivity (Wildman–Crippen MR) is 79.7 cm³/mol. The van der Waals surface area contributed by atoms with Gasteiger partial charge in [0, 0.05) is 24.9 Å². The van der Waals surface area contributed by atoms with Crippen LogP contribution in [-0.4, -0.2) is 25.2 Å². The van der Waals surface area contributed by atoms with E-state index in [1.54, 1.807) is 0 Å². The molecule has 3 N–H and O–H groups in total. The molecular weight excluding hydrogens is 252 g/mol. The van der Waals surface area contributed by atoms with E-state index in [0.717, 1.165) is 23.6 Å². The van der Waals surface area contributed by atoms with E-state index in [0.29, 0.717) is 24.5 Å². The van der Waals surface area contributed by atoms with Crippen LogP contribution >= 0.6 is 0 Å². The van der Waals surface area contributed by atoms with Crippen molar-refractivity contribution in [1.82, 2.24) is 5.32 Å². The molecule has 1 amide bonds. The minimum Gasteiger partial charge on any atom is -0.398 e. The second-order valence-electron chi connectivity index (χ2n) is 5.15. The van der Waals surface area contributed by atoms with Crippen molar-refractivity contribution in [3.8, 4) is 0 Å². The lowest BCUT2D eigenvalue weighted by molar-refractivity contribution is 0.0697. The molecule has 2 aromatic carbocycles. The van der Waals surface area contributed by atoms with Crippen LogP contribution in [0.4, 0.5) is 5.69 Å². The van der Waals surface area contributed by atoms with Gasteiger partial charge in [0.15, 0.2) is 0 Å². The third kappa shape index (κ3) is 2.60. The van der Waals surface area contributed by atoms with Gasteiger partial charge in [0.1, 0.15) is 0 Å². The Morgan fingerprint density at radius 1 is 1.15 bits per heavy atom. The number of amides is 1. The van der Waals surface area contributed by atoms with Gasteiger partial charge in [-0.15, -0.1) is 0 Å². The highest BCUT2D eigenvalue weighted by Crippen LogP contribution is 2.22. The molecule has 4 nitrogen and oxygen atoms in total. The normalized spacial score (nSPS) is 16.2. The van der Waals surface area contributed by atoms with Gasteiger partial charge in [-0.1, -0.05) is 24.3 Å². The first-order valence-corrected chi connectivity index (χ1v) is 6.91. The highest BCUT2D eigenvalue weighted by atomic mass is 16.5. The van der Waals surface area contributed by atoms with E-state index in [1.165, 1.54) is 0 Å². The molecule has 0 bridgehead atoms. The summed E-state index contributed by atoms with van der Waals surface area (Å²) in [6, 6.07) is 11.8. The Morgan fingerprint density at radius 2 is 1.80 bits per heavy atom. The number of carbonyl (C=O) groups is 1. The molecule has 1 fully saturated rings. The molecule has 0 saturated carbocycles. The maximum atomic E-state index is 12.3. The van der Waals surface area contributed by atoms with Crippen LogP contribution in [-0.2, 0) is 4.74 Å². The third-order valence-electron chi connectivity index (χ3n) is 3.72. The van der Waals surface area contributed by atoms with E-state index >= 15 is 0 Å². The summed E-state index contributed by atoms with van der Waals surface area (Å²) in [6.45, 7) is 1.41. The lowest BCUT2D eigenvalue weighted by atomic mass is 10.0. The number of benzene rings is 2. The molecule has 1 saturated heterocycles. The topological polar surface area (TPSA) is 64.4 Å². The Bertz CT molecular complexity index is 633. The van der Waals surface area contributed by atoms with E-state index in [9.17, 15) is 4.79 Å². The van der Waals surface area contributed by atoms with Gasteiger partial charge in [0.05, 0.1) is 5.56 Å². The lowest BCUT2D eigenvalue weighted by Gasteiger charge is -2.23. The van der Waals surface area contributed by atoms with E-state index in [4.69, 9.17) is 10.5 Å². The first-order chi connectivity index (χ1) is 9.74. The fraction of sp³-hybridized carbons (Fsp3) is 0.312. The van der Waals surface area contributed by atoms with Crippen LogP contribution in [0, 0.1) is 0 Å². The van der Waals surface area contributed by atoms with Gasteiger partial charge in [-0.25, -0.2) is 0 Å². The van der Waals surface area contributed by atoms with Crippen LogP contribution in [0.25, 0.3) is 10.8 Å². The highest BCUT2D eigenvalue weighted by molar-refractivity contribution is 6.04. The van der Waals surface area contributed by atoms with Crippen LogP contribution < -0.4 is 11.1 Å². The monoisotopic (exact) mass is 270 g/mol. The molecule has 1 aliphatic rings. The number of nitrogens with one attached hydrogen (secondary N) is 1. The molecule has 4 heteroatoms. The zero-order valence-electron chi connectivity index (χ0n) is 11.3. The quantitative estimate of drug-likeness (QED) is 0.823. The first-order valence-electron chi connectivity index (χ1n) is 6.91. The summed E-state index contributed by atoms with van der Waals surface area (Å²) in [5.41, 5.74) is 7.08. The van der Waals surface area contributed by atoms with Crippen molar-refractivity contribution in [2.75, 3.05) is 18.9 Å². The van der Waals surface area contributed by atoms with Crippen LogP contribution in [0.15, 0.2) is 36.4 Å². The molecule has 0 atom stereocenters. The van der Waals surface area contributed by atoms with Crippen molar-refractivity contribution in [2.24, 2.45) is 0 Å². The molecular formula is C16H18N2O2. The fourth-order valence-electron chi connectivity index (χ4n) is 2.56. The molecule has 0 spiro atoms. The summed E-state index contributed by atoms with van der Waals surface area (Å²) in [7, 11) is 0. The van der Waals surface area contributed by atoms with Gasteiger partial charge in [0.2, 0.25) is 0 Å². The Labute approximate surface area is 117 Å². The lowest BCUT2D eigenvalue weighted by Crippen LogP contribution is -2.39. The number of rotatable bonds is 2. The second kappa shape index (κ2) is 5.51. The number of hydrogen-bond acceptors (Lipinski definition) is 3. The van der Waals surface area contributed by atoms with E-state index in [-0.39, 0.29) is 11.9 Å². The third-order valence-corrected chi connectivity index (χ3v) is 3.72. The standard InChI is InChI=1S/C16H18N2O2/c17-15-10-12-4-2-1-3-11(12)9-14(15)16(19)18-13-5-7-20-8-6-13/h1-4,9-10,13H,5-8,17H2,(H,18,19). The van der Waals surface area contributed by atoms with Crippen LogP contribution in [0.1, 0.15) is 23.2 Å². The maximum absolute atomic E-state index is 12.3. The molecule has 0 aliphatic carbocycles. The van der Waals surface area contributed by atoms with Gasteiger partial charge < -0.3 is 15.8 Å². The van der Waals surface area contributed by atoms with E-state index in [2.05, 4.69) is 5.32 Å². The zero-order valence-corrected chi connectivity index (χ0v) is 11.3. The van der Waals surface area contributed by atoms with Crippen molar-refractivity contribution < 1.29 is 9.53 Å². The molecule has 104 valence electrons. The van der Waals surface area contributed by atoms with Crippen molar-refractivity contribution in [1.29, 1.82) is 0 Å². The Hall–Kier alpha value is -2.07. The van der Waals surface area contributed by atoms with Crippen LogP contribution in [0.2, 0.25) is 0 Å². The minimum absolute atomic E-state index is 0.0971. The number of hydrogen-bond donors (Lipinski definition) is 2. The average molecular weight is 270 g/mol. The van der Waals surface area contributed by atoms with Crippen LogP contribution in [0.5, 0.6) is 0 Å². The van der Waals surface area contributed by atoms with E-state index < -0.39 is 0 Å². The van der Waals surface area contributed by atoms with Crippen molar-refractivity contribution >= 4 is 22.4 Å². The van der Waals surface area contributed by atoms with Gasteiger partial charge >= 0.3 is 0 Å². The molecule has 1 heterocycles. The number of anilines is 1. The number of carbonyl (C=O) groups excluding carboxylic acids is 1. The van der Waals surface area contributed by atoms with E-state index in [1.807, 2.05) is 36.4 Å². The average Bonchev–Trinajstić information content (AvgIpc) is 2.47. The maximum Gasteiger partial charge on any atom is 0.253 e. The summed E-state index contributed by atoms with van der Waals surface area (Å²) in [6.07, 6.45) is 1.72. The van der Waals surface area contributed by atoms with Gasteiger partial charge in [-0.05, 0) is 35.7 Å². The predicted octanol–water partition coefficient (Wildman–Crippen LogP) is 2.33.